The van der Waals surface area contributed by atoms with E-state index < -0.39 is 12.0 Å². The number of benzene rings is 1. The summed E-state index contributed by atoms with van der Waals surface area (Å²) in [5.41, 5.74) is 2.71. The monoisotopic (exact) mass is 387 g/mol. The molecule has 0 spiro atoms. The topological polar surface area (TPSA) is 96.5 Å². The molecular weight excluding hydrogens is 366 g/mol. The number of fused-ring (bicyclic) bond motifs is 1. The van der Waals surface area contributed by atoms with Gasteiger partial charge in [-0.3, -0.25) is 9.59 Å². The highest BCUT2D eigenvalue weighted by molar-refractivity contribution is 7.16. The Morgan fingerprint density at radius 1 is 1.26 bits per heavy atom. The lowest BCUT2D eigenvalue weighted by Gasteiger charge is -2.26. The van der Waals surface area contributed by atoms with E-state index >= 15 is 0 Å². The molecule has 0 saturated carbocycles. The molecule has 2 aromatic rings. The van der Waals surface area contributed by atoms with Crippen LogP contribution in [0, 0.1) is 6.92 Å². The molecule has 142 valence electrons. The summed E-state index contributed by atoms with van der Waals surface area (Å²) in [5.74, 6) is -1.10. The van der Waals surface area contributed by atoms with E-state index in [0.29, 0.717) is 22.7 Å². The van der Waals surface area contributed by atoms with Crippen LogP contribution in [0.3, 0.4) is 0 Å². The molecule has 7 nitrogen and oxygen atoms in total. The minimum absolute atomic E-state index is 0.0564. The molecule has 1 aromatic carbocycles. The fourth-order valence-electron chi connectivity index (χ4n) is 3.11. The summed E-state index contributed by atoms with van der Waals surface area (Å²) in [6, 6.07) is 6.62. The number of nitrogens with one attached hydrogen (secondary N) is 3. The summed E-state index contributed by atoms with van der Waals surface area (Å²) < 4.78 is 4.86. The second-order valence-electron chi connectivity index (χ2n) is 6.17. The zero-order valence-corrected chi connectivity index (χ0v) is 16.2. The third-order valence-electron chi connectivity index (χ3n) is 4.43. The molecule has 0 aliphatic carbocycles. The van der Waals surface area contributed by atoms with Crippen molar-refractivity contribution in [2.24, 2.45) is 0 Å². The molecule has 1 aliphatic heterocycles. The van der Waals surface area contributed by atoms with Crippen LogP contribution in [-0.2, 0) is 20.7 Å². The number of para-hydroxylation sites is 2. The van der Waals surface area contributed by atoms with E-state index in [9.17, 15) is 14.4 Å². The van der Waals surface area contributed by atoms with E-state index in [0.717, 1.165) is 16.1 Å². The summed E-state index contributed by atoms with van der Waals surface area (Å²) in [6.45, 7) is 3.85. The molecule has 1 aromatic heterocycles. The second kappa shape index (κ2) is 7.79. The highest BCUT2D eigenvalue weighted by Gasteiger charge is 2.29. The summed E-state index contributed by atoms with van der Waals surface area (Å²) in [4.78, 5) is 37.9. The number of anilines is 3. The van der Waals surface area contributed by atoms with Gasteiger partial charge in [0.1, 0.15) is 11.0 Å². The van der Waals surface area contributed by atoms with Gasteiger partial charge in [0, 0.05) is 4.88 Å². The van der Waals surface area contributed by atoms with Crippen LogP contribution < -0.4 is 16.0 Å². The Kier molecular flexibility index (Phi) is 5.46. The van der Waals surface area contributed by atoms with Gasteiger partial charge in [-0.05, 0) is 31.0 Å². The number of amides is 2. The summed E-state index contributed by atoms with van der Waals surface area (Å²) in [5, 5.41) is 9.09. The van der Waals surface area contributed by atoms with Crippen LogP contribution in [0.2, 0.25) is 0 Å². The molecule has 27 heavy (non-hydrogen) atoms. The van der Waals surface area contributed by atoms with Crippen molar-refractivity contribution >= 4 is 45.5 Å². The molecule has 0 saturated heterocycles. The zero-order valence-electron chi connectivity index (χ0n) is 15.3. The van der Waals surface area contributed by atoms with Crippen molar-refractivity contribution in [3.8, 4) is 0 Å². The van der Waals surface area contributed by atoms with Crippen molar-refractivity contribution in [3.05, 3.63) is 40.3 Å². The molecule has 1 aliphatic rings. The number of aryl methyl sites for hydroxylation is 1. The largest absolute Gasteiger partial charge is 0.465 e. The van der Waals surface area contributed by atoms with Gasteiger partial charge in [0.15, 0.2) is 0 Å². The van der Waals surface area contributed by atoms with E-state index in [-0.39, 0.29) is 18.2 Å². The van der Waals surface area contributed by atoms with Gasteiger partial charge in [-0.2, -0.15) is 0 Å². The summed E-state index contributed by atoms with van der Waals surface area (Å²) >= 11 is 1.34. The van der Waals surface area contributed by atoms with Gasteiger partial charge >= 0.3 is 5.97 Å². The predicted octanol–water partition coefficient (Wildman–Crippen LogP) is 3.17. The number of methoxy groups -OCH3 is 1. The summed E-state index contributed by atoms with van der Waals surface area (Å²) in [7, 11) is 1.31. The number of carbonyl (C=O) groups excluding carboxylic acids is 3. The van der Waals surface area contributed by atoms with Gasteiger partial charge in [-0.1, -0.05) is 19.1 Å². The Bertz CT molecular complexity index is 906. The van der Waals surface area contributed by atoms with E-state index in [1.807, 2.05) is 32.0 Å². The van der Waals surface area contributed by atoms with Gasteiger partial charge in [0.25, 0.3) is 0 Å². The lowest BCUT2D eigenvalue weighted by molar-refractivity contribution is -0.122. The molecule has 0 radical (unpaired) electrons. The lowest BCUT2D eigenvalue weighted by atomic mass is 10.1. The number of ether oxygens (including phenoxy) is 1. The van der Waals surface area contributed by atoms with Crippen LogP contribution in [0.1, 0.15) is 34.1 Å². The molecule has 3 N–H and O–H groups in total. The lowest BCUT2D eigenvalue weighted by Crippen LogP contribution is -2.41. The van der Waals surface area contributed by atoms with Crippen molar-refractivity contribution in [1.82, 2.24) is 0 Å². The third-order valence-corrected chi connectivity index (χ3v) is 5.49. The highest BCUT2D eigenvalue weighted by atomic mass is 32.1. The molecule has 0 unspecified atom stereocenters. The van der Waals surface area contributed by atoms with Gasteiger partial charge in [0.05, 0.1) is 30.5 Å². The third kappa shape index (κ3) is 3.80. The smallest absolute Gasteiger partial charge is 0.341 e. The number of carbonyl (C=O) groups is 3. The molecule has 0 bridgehead atoms. The van der Waals surface area contributed by atoms with Crippen molar-refractivity contribution in [1.29, 1.82) is 0 Å². The molecule has 2 amide bonds. The Balaban J connectivity index is 1.75. The number of hydrogen-bond donors (Lipinski definition) is 3. The number of rotatable bonds is 5. The first-order valence-electron chi connectivity index (χ1n) is 8.61. The predicted molar refractivity (Wildman–Crippen MR) is 106 cm³/mol. The van der Waals surface area contributed by atoms with Gasteiger partial charge in [-0.25, -0.2) is 4.79 Å². The molecule has 8 heteroatoms. The standard InChI is InChI=1S/C19H21N3O4S/c1-4-11-10(2)27-18(16(11)19(25)26-3)22-15(23)9-14-17(24)21-13-8-6-5-7-12(13)20-14/h5-8,14,20H,4,9H2,1-3H3,(H,21,24)(H,22,23)/t14-/m0/s1. The Morgan fingerprint density at radius 3 is 2.63 bits per heavy atom. The van der Waals surface area contributed by atoms with Crippen LogP contribution in [0.4, 0.5) is 16.4 Å². The minimum atomic E-state index is -0.687. The summed E-state index contributed by atoms with van der Waals surface area (Å²) in [6.07, 6.45) is 0.602. The highest BCUT2D eigenvalue weighted by Crippen LogP contribution is 2.34. The maximum absolute atomic E-state index is 12.5. The van der Waals surface area contributed by atoms with Crippen LogP contribution in [-0.4, -0.2) is 30.9 Å². The minimum Gasteiger partial charge on any atom is -0.465 e. The number of thiophene rings is 1. The van der Waals surface area contributed by atoms with Gasteiger partial charge in [-0.15, -0.1) is 11.3 Å². The average molecular weight is 387 g/mol. The fraction of sp³-hybridized carbons (Fsp3) is 0.316. The maximum Gasteiger partial charge on any atom is 0.341 e. The molecular formula is C19H21N3O4S. The van der Waals surface area contributed by atoms with E-state index in [1.165, 1.54) is 18.4 Å². The molecule has 2 heterocycles. The van der Waals surface area contributed by atoms with E-state index in [1.54, 1.807) is 6.07 Å². The van der Waals surface area contributed by atoms with Crippen molar-refractivity contribution < 1.29 is 19.1 Å². The first-order chi connectivity index (χ1) is 12.9. The van der Waals surface area contributed by atoms with E-state index in [4.69, 9.17) is 4.74 Å². The van der Waals surface area contributed by atoms with Crippen LogP contribution >= 0.6 is 11.3 Å². The normalized spacial score (nSPS) is 15.4. The van der Waals surface area contributed by atoms with Crippen molar-refractivity contribution in [2.75, 3.05) is 23.1 Å². The first kappa shape index (κ1) is 18.9. The maximum atomic E-state index is 12.5. The van der Waals surface area contributed by atoms with Crippen LogP contribution in [0.5, 0.6) is 0 Å². The SMILES string of the molecule is CCc1c(C)sc(NC(=O)C[C@@H]2Nc3ccccc3NC2=O)c1C(=O)OC. The van der Waals surface area contributed by atoms with Crippen LogP contribution in [0.25, 0.3) is 0 Å². The fourth-order valence-corrected chi connectivity index (χ4v) is 4.26. The Morgan fingerprint density at radius 2 is 1.96 bits per heavy atom. The van der Waals surface area contributed by atoms with Gasteiger partial charge < -0.3 is 20.7 Å². The van der Waals surface area contributed by atoms with E-state index in [2.05, 4.69) is 16.0 Å². The van der Waals surface area contributed by atoms with Crippen molar-refractivity contribution in [3.63, 3.8) is 0 Å². The van der Waals surface area contributed by atoms with Crippen molar-refractivity contribution in [2.45, 2.75) is 32.7 Å². The molecule has 1 atom stereocenters. The number of esters is 1. The van der Waals surface area contributed by atoms with Crippen LogP contribution in [0.15, 0.2) is 24.3 Å². The molecule has 0 fully saturated rings. The van der Waals surface area contributed by atoms with Gasteiger partial charge in [0.2, 0.25) is 11.8 Å². The number of hydrogen-bond acceptors (Lipinski definition) is 6. The first-order valence-corrected chi connectivity index (χ1v) is 9.43. The quantitative estimate of drug-likeness (QED) is 0.685. The molecule has 3 rings (SSSR count). The Hall–Kier alpha value is -2.87. The Labute approximate surface area is 161 Å². The second-order valence-corrected chi connectivity index (χ2v) is 7.39. The zero-order chi connectivity index (χ0) is 19.6. The average Bonchev–Trinajstić information content (AvgIpc) is 2.96.